The zero-order valence-electron chi connectivity index (χ0n) is 18.2. The van der Waals surface area contributed by atoms with Crippen LogP contribution in [0.3, 0.4) is 0 Å². The Morgan fingerprint density at radius 1 is 0.794 bits per heavy atom. The molecule has 0 unspecified atom stereocenters. The van der Waals surface area contributed by atoms with Crippen LogP contribution >= 0.6 is 0 Å². The summed E-state index contributed by atoms with van der Waals surface area (Å²) >= 11 is 0. The highest BCUT2D eigenvalue weighted by Crippen LogP contribution is 2.29. The Labute approximate surface area is 197 Å². The predicted molar refractivity (Wildman–Crippen MR) is 130 cm³/mol. The average molecular weight is 481 g/mol. The van der Waals surface area contributed by atoms with Gasteiger partial charge in [0.05, 0.1) is 10.6 Å². The van der Waals surface area contributed by atoms with E-state index in [1.54, 1.807) is 36.4 Å². The van der Waals surface area contributed by atoms with Crippen LogP contribution in [0.2, 0.25) is 0 Å². The first-order chi connectivity index (χ1) is 16.3. The highest BCUT2D eigenvalue weighted by molar-refractivity contribution is 7.89. The van der Waals surface area contributed by atoms with Gasteiger partial charge in [-0.25, -0.2) is 13.2 Å². The number of amides is 3. The number of anilines is 3. The number of sulfonamides is 1. The van der Waals surface area contributed by atoms with Gasteiger partial charge in [0, 0.05) is 30.0 Å². The molecule has 0 bridgehead atoms. The lowest BCUT2D eigenvalue weighted by atomic mass is 10.2. The number of phenols is 1. The van der Waals surface area contributed by atoms with Gasteiger partial charge in [0.2, 0.25) is 10.0 Å². The molecule has 176 valence electrons. The summed E-state index contributed by atoms with van der Waals surface area (Å²) < 4.78 is 27.0. The second-order valence-corrected chi connectivity index (χ2v) is 9.70. The first-order valence-electron chi connectivity index (χ1n) is 10.7. The van der Waals surface area contributed by atoms with E-state index in [9.17, 15) is 23.1 Å². The van der Waals surface area contributed by atoms with E-state index >= 15 is 0 Å². The van der Waals surface area contributed by atoms with Crippen molar-refractivity contribution >= 4 is 39.0 Å². The number of aromatic hydroxyl groups is 1. The van der Waals surface area contributed by atoms with Crippen LogP contribution in [-0.2, 0) is 10.0 Å². The summed E-state index contributed by atoms with van der Waals surface area (Å²) in [7, 11) is -3.69. The van der Waals surface area contributed by atoms with Crippen molar-refractivity contribution in [2.75, 3.05) is 29.0 Å². The van der Waals surface area contributed by atoms with Crippen LogP contribution in [-0.4, -0.2) is 42.9 Å². The maximum atomic E-state index is 12.8. The van der Waals surface area contributed by atoms with E-state index < -0.39 is 22.0 Å². The van der Waals surface area contributed by atoms with Crippen molar-refractivity contribution < 1.29 is 23.1 Å². The van der Waals surface area contributed by atoms with Gasteiger partial charge in [-0.2, -0.15) is 4.31 Å². The number of benzene rings is 3. The number of nitrogens with one attached hydrogen (secondary N) is 3. The molecule has 1 heterocycles. The molecule has 0 spiro atoms. The molecule has 3 aromatic carbocycles. The smallest absolute Gasteiger partial charge is 0.323 e. The van der Waals surface area contributed by atoms with Crippen LogP contribution in [0.25, 0.3) is 0 Å². The van der Waals surface area contributed by atoms with Gasteiger partial charge >= 0.3 is 6.03 Å². The van der Waals surface area contributed by atoms with Crippen molar-refractivity contribution in [3.05, 3.63) is 78.4 Å². The Bertz CT molecular complexity index is 1290. The van der Waals surface area contributed by atoms with E-state index in [2.05, 4.69) is 16.0 Å². The number of phenolic OH excluding ortho intramolecular Hbond substituents is 1. The Hall–Kier alpha value is -3.89. The average Bonchev–Trinajstić information content (AvgIpc) is 3.37. The molecule has 1 fully saturated rings. The first-order valence-corrected chi connectivity index (χ1v) is 12.1. The molecule has 34 heavy (non-hydrogen) atoms. The van der Waals surface area contributed by atoms with Crippen molar-refractivity contribution in [1.82, 2.24) is 4.31 Å². The quantitative estimate of drug-likeness (QED) is 0.396. The summed E-state index contributed by atoms with van der Waals surface area (Å²) in [5, 5.41) is 18.1. The summed E-state index contributed by atoms with van der Waals surface area (Å²) in [6, 6.07) is 18.5. The first kappa shape index (κ1) is 23.3. The second-order valence-electron chi connectivity index (χ2n) is 7.77. The van der Waals surface area contributed by atoms with Crippen molar-refractivity contribution in [2.24, 2.45) is 0 Å². The molecule has 0 aliphatic carbocycles. The van der Waals surface area contributed by atoms with Crippen LogP contribution in [0.5, 0.6) is 5.75 Å². The monoisotopic (exact) mass is 480 g/mol. The fraction of sp³-hybridized carbons (Fsp3) is 0.167. The number of nitrogens with zero attached hydrogens (tertiary/aromatic N) is 1. The van der Waals surface area contributed by atoms with E-state index in [1.807, 2.05) is 6.07 Å². The van der Waals surface area contributed by atoms with Crippen LogP contribution in [0.4, 0.5) is 21.9 Å². The summed E-state index contributed by atoms with van der Waals surface area (Å²) in [6.45, 7) is 0.906. The summed E-state index contributed by atoms with van der Waals surface area (Å²) in [5.41, 5.74) is 1.38. The Kier molecular flexibility index (Phi) is 6.80. The number of hydrogen-bond acceptors (Lipinski definition) is 5. The minimum absolute atomic E-state index is 0.00490. The molecule has 3 amide bonds. The van der Waals surface area contributed by atoms with E-state index in [-0.39, 0.29) is 21.9 Å². The fourth-order valence-electron chi connectivity index (χ4n) is 3.57. The standard InChI is InChI=1S/C24H24N4O5S/c29-22-13-12-20(34(32,33)28-14-4-5-15-28)16-21(22)27-23(30)17-8-10-19(11-9-17)26-24(31)25-18-6-2-1-3-7-18/h1-3,6-13,16,29H,4-5,14-15H2,(H,27,30)(H2,25,26,31). The van der Waals surface area contributed by atoms with Crippen LogP contribution in [0.15, 0.2) is 77.7 Å². The highest BCUT2D eigenvalue weighted by atomic mass is 32.2. The number of hydrogen-bond donors (Lipinski definition) is 4. The molecule has 0 saturated carbocycles. The SMILES string of the molecule is O=C(Nc1ccccc1)Nc1ccc(C(=O)Nc2cc(S(=O)(=O)N3CCCC3)ccc2O)cc1. The number of rotatable bonds is 6. The summed E-state index contributed by atoms with van der Waals surface area (Å²) in [4.78, 5) is 24.8. The fourth-order valence-corrected chi connectivity index (χ4v) is 5.11. The van der Waals surface area contributed by atoms with Crippen molar-refractivity contribution in [3.8, 4) is 5.75 Å². The van der Waals surface area contributed by atoms with Gasteiger partial charge in [-0.05, 0) is 67.4 Å². The van der Waals surface area contributed by atoms with E-state index in [1.165, 1.54) is 34.6 Å². The summed E-state index contributed by atoms with van der Waals surface area (Å²) in [5.74, 6) is -0.782. The third-order valence-corrected chi connectivity index (χ3v) is 7.25. The lowest BCUT2D eigenvalue weighted by Gasteiger charge is -2.16. The molecule has 9 nitrogen and oxygen atoms in total. The Morgan fingerprint density at radius 3 is 2.06 bits per heavy atom. The van der Waals surface area contributed by atoms with Crippen molar-refractivity contribution in [1.29, 1.82) is 0 Å². The molecular formula is C24H24N4O5S. The van der Waals surface area contributed by atoms with Gasteiger partial charge < -0.3 is 21.1 Å². The highest BCUT2D eigenvalue weighted by Gasteiger charge is 2.28. The molecule has 10 heteroatoms. The van der Waals surface area contributed by atoms with Crippen LogP contribution in [0.1, 0.15) is 23.2 Å². The number of carbonyl (C=O) groups is 2. The molecule has 4 rings (SSSR count). The minimum atomic E-state index is -3.69. The molecule has 1 aliphatic rings. The van der Waals surface area contributed by atoms with Gasteiger partial charge in [-0.1, -0.05) is 18.2 Å². The Morgan fingerprint density at radius 2 is 1.41 bits per heavy atom. The van der Waals surface area contributed by atoms with Crippen LogP contribution < -0.4 is 16.0 Å². The summed E-state index contributed by atoms with van der Waals surface area (Å²) in [6.07, 6.45) is 1.61. The molecule has 0 radical (unpaired) electrons. The second kappa shape index (κ2) is 9.94. The number of urea groups is 1. The van der Waals surface area contributed by atoms with Gasteiger partial charge in [0.1, 0.15) is 5.75 Å². The number of para-hydroxylation sites is 1. The lowest BCUT2D eigenvalue weighted by Crippen LogP contribution is -2.28. The molecule has 1 saturated heterocycles. The third kappa shape index (κ3) is 5.36. The van der Waals surface area contributed by atoms with Crippen molar-refractivity contribution in [3.63, 3.8) is 0 Å². The number of carbonyl (C=O) groups excluding carboxylic acids is 2. The molecule has 1 aliphatic heterocycles. The van der Waals surface area contributed by atoms with Gasteiger partial charge in [0.15, 0.2) is 0 Å². The molecular weight excluding hydrogens is 456 g/mol. The predicted octanol–water partition coefficient (Wildman–Crippen LogP) is 4.07. The van der Waals surface area contributed by atoms with E-state index in [0.29, 0.717) is 24.5 Å². The zero-order chi connectivity index (χ0) is 24.1. The Balaban J connectivity index is 1.42. The molecule has 0 aromatic heterocycles. The molecule has 0 atom stereocenters. The zero-order valence-corrected chi connectivity index (χ0v) is 19.0. The largest absolute Gasteiger partial charge is 0.506 e. The van der Waals surface area contributed by atoms with E-state index in [0.717, 1.165) is 12.8 Å². The molecule has 4 N–H and O–H groups in total. The normalized spacial score (nSPS) is 13.9. The lowest BCUT2D eigenvalue weighted by molar-refractivity contribution is 0.102. The topological polar surface area (TPSA) is 128 Å². The maximum absolute atomic E-state index is 12.8. The van der Waals surface area contributed by atoms with Gasteiger partial charge in [-0.15, -0.1) is 0 Å². The van der Waals surface area contributed by atoms with Gasteiger partial charge in [0.25, 0.3) is 5.91 Å². The third-order valence-electron chi connectivity index (χ3n) is 5.36. The molecule has 3 aromatic rings. The van der Waals surface area contributed by atoms with E-state index in [4.69, 9.17) is 0 Å². The van der Waals surface area contributed by atoms with Crippen LogP contribution in [0, 0.1) is 0 Å². The minimum Gasteiger partial charge on any atom is -0.506 e. The van der Waals surface area contributed by atoms with Gasteiger partial charge in [-0.3, -0.25) is 4.79 Å². The van der Waals surface area contributed by atoms with Crippen molar-refractivity contribution in [2.45, 2.75) is 17.7 Å². The maximum Gasteiger partial charge on any atom is 0.323 e.